The van der Waals surface area contributed by atoms with E-state index in [0.29, 0.717) is 37.4 Å². The summed E-state index contributed by atoms with van der Waals surface area (Å²) in [5.74, 6) is 6.73. The number of hydrogen-bond acceptors (Lipinski definition) is 8. The van der Waals surface area contributed by atoms with Gasteiger partial charge in [0.2, 0.25) is 23.8 Å². The number of hydrogen-bond donors (Lipinski definition) is 4. The molecule has 9 nitrogen and oxygen atoms in total. The summed E-state index contributed by atoms with van der Waals surface area (Å²) < 4.78 is 0. The fourth-order valence-corrected chi connectivity index (χ4v) is 2.14. The number of nitrogens with two attached hydrogens (primary N) is 1. The molecule has 0 aliphatic carbocycles. The summed E-state index contributed by atoms with van der Waals surface area (Å²) in [6, 6.07) is 0. The number of hydrazine groups is 1. The highest BCUT2D eigenvalue weighted by molar-refractivity contribution is 5.76. The minimum absolute atomic E-state index is 0.00371. The Kier molecular flexibility index (Phi) is 5.50. The molecule has 1 aliphatic rings. The number of anilines is 3. The lowest BCUT2D eigenvalue weighted by Gasteiger charge is -2.16. The van der Waals surface area contributed by atoms with E-state index in [-0.39, 0.29) is 5.91 Å². The first-order chi connectivity index (χ1) is 10.2. The molecule has 1 aromatic rings. The molecule has 116 valence electrons. The van der Waals surface area contributed by atoms with E-state index in [1.54, 1.807) is 0 Å². The lowest BCUT2D eigenvalue weighted by Crippen LogP contribution is -2.26. The van der Waals surface area contributed by atoms with Gasteiger partial charge in [-0.05, 0) is 19.8 Å². The summed E-state index contributed by atoms with van der Waals surface area (Å²) in [5.41, 5.74) is 2.44. The predicted molar refractivity (Wildman–Crippen MR) is 80.9 cm³/mol. The Labute approximate surface area is 123 Å². The third-order valence-corrected chi connectivity index (χ3v) is 3.15. The van der Waals surface area contributed by atoms with Crippen LogP contribution in [0.4, 0.5) is 17.8 Å². The van der Waals surface area contributed by atoms with Gasteiger partial charge in [0.05, 0.1) is 0 Å². The highest BCUT2D eigenvalue weighted by Crippen LogP contribution is 2.18. The van der Waals surface area contributed by atoms with Gasteiger partial charge in [-0.15, -0.1) is 0 Å². The zero-order chi connectivity index (χ0) is 15.1. The summed E-state index contributed by atoms with van der Waals surface area (Å²) >= 11 is 0. The molecule has 0 atom stereocenters. The number of carbonyl (C=O) groups is 1. The predicted octanol–water partition coefficient (Wildman–Crippen LogP) is -0.304. The molecular weight excluding hydrogens is 272 g/mol. The Hall–Kier alpha value is -2.16. The molecule has 1 amide bonds. The lowest BCUT2D eigenvalue weighted by molar-refractivity contribution is -0.120. The van der Waals surface area contributed by atoms with Crippen LogP contribution in [0.15, 0.2) is 0 Å². The highest BCUT2D eigenvalue weighted by Gasteiger charge is 2.17. The summed E-state index contributed by atoms with van der Waals surface area (Å²) in [6.07, 6.45) is 2.64. The highest BCUT2D eigenvalue weighted by atomic mass is 16.1. The molecule has 0 spiro atoms. The number of amides is 1. The minimum atomic E-state index is -0.00371. The van der Waals surface area contributed by atoms with Gasteiger partial charge < -0.3 is 15.5 Å². The van der Waals surface area contributed by atoms with Crippen LogP contribution in [-0.4, -0.2) is 47.0 Å². The van der Waals surface area contributed by atoms with Crippen molar-refractivity contribution in [3.63, 3.8) is 0 Å². The maximum Gasteiger partial charge on any atom is 0.243 e. The van der Waals surface area contributed by atoms with E-state index >= 15 is 0 Å². The molecule has 1 saturated heterocycles. The molecule has 2 heterocycles. The second-order valence-corrected chi connectivity index (χ2v) is 4.75. The second-order valence-electron chi connectivity index (χ2n) is 4.75. The first kappa shape index (κ1) is 15.2. The molecule has 0 saturated carbocycles. The van der Waals surface area contributed by atoms with E-state index in [1.165, 1.54) is 0 Å². The summed E-state index contributed by atoms with van der Waals surface area (Å²) in [6.45, 7) is 4.85. The van der Waals surface area contributed by atoms with Gasteiger partial charge in [0.25, 0.3) is 0 Å². The van der Waals surface area contributed by atoms with E-state index in [4.69, 9.17) is 5.84 Å². The number of nitrogens with zero attached hydrogens (tertiary/aromatic N) is 4. The number of rotatable bonds is 7. The number of carbonyl (C=O) groups excluding carboxylic acids is 1. The fourth-order valence-electron chi connectivity index (χ4n) is 2.14. The molecule has 1 aromatic heterocycles. The van der Waals surface area contributed by atoms with E-state index in [2.05, 4.69) is 35.9 Å². The first-order valence-corrected chi connectivity index (χ1v) is 7.21. The van der Waals surface area contributed by atoms with Crippen molar-refractivity contribution in [2.45, 2.75) is 26.2 Å². The Bertz CT molecular complexity index is 474. The maximum atomic E-state index is 11.4. The minimum Gasteiger partial charge on any atom is -0.356 e. The van der Waals surface area contributed by atoms with Crippen LogP contribution in [-0.2, 0) is 4.79 Å². The summed E-state index contributed by atoms with van der Waals surface area (Å²) in [5, 5.41) is 5.77. The topological polar surface area (TPSA) is 121 Å². The Morgan fingerprint density at radius 3 is 2.62 bits per heavy atom. The van der Waals surface area contributed by atoms with Crippen LogP contribution in [0.3, 0.4) is 0 Å². The van der Waals surface area contributed by atoms with Crippen molar-refractivity contribution in [2.24, 2.45) is 5.84 Å². The van der Waals surface area contributed by atoms with Crippen LogP contribution in [0.1, 0.15) is 26.2 Å². The van der Waals surface area contributed by atoms with Crippen LogP contribution in [0.5, 0.6) is 0 Å². The van der Waals surface area contributed by atoms with Gasteiger partial charge in [-0.3, -0.25) is 10.2 Å². The van der Waals surface area contributed by atoms with E-state index < -0.39 is 0 Å². The molecule has 1 aliphatic heterocycles. The second kappa shape index (κ2) is 7.58. The van der Waals surface area contributed by atoms with Gasteiger partial charge in [-0.25, -0.2) is 5.84 Å². The molecule has 0 radical (unpaired) electrons. The van der Waals surface area contributed by atoms with Crippen molar-refractivity contribution in [1.29, 1.82) is 0 Å². The summed E-state index contributed by atoms with van der Waals surface area (Å²) in [4.78, 5) is 26.2. The van der Waals surface area contributed by atoms with Crippen LogP contribution in [0.2, 0.25) is 0 Å². The van der Waals surface area contributed by atoms with Gasteiger partial charge in [-0.1, -0.05) is 0 Å². The fraction of sp³-hybridized carbons (Fsp3) is 0.667. The van der Waals surface area contributed by atoms with Crippen LogP contribution < -0.4 is 26.8 Å². The van der Waals surface area contributed by atoms with Crippen molar-refractivity contribution in [3.8, 4) is 0 Å². The van der Waals surface area contributed by atoms with Gasteiger partial charge >= 0.3 is 0 Å². The standard InChI is InChI=1S/C12H22N8O/c1-2-14-9(21)5-6-15-10-16-11(19-13)18-12(17-10)20-7-3-4-8-20/h2-8,13H2,1H3,(H,14,21)(H2,15,16,17,18,19). The third kappa shape index (κ3) is 4.42. The van der Waals surface area contributed by atoms with Gasteiger partial charge in [0.15, 0.2) is 0 Å². The Morgan fingerprint density at radius 1 is 1.24 bits per heavy atom. The third-order valence-electron chi connectivity index (χ3n) is 3.15. The van der Waals surface area contributed by atoms with Crippen LogP contribution in [0.25, 0.3) is 0 Å². The average Bonchev–Trinajstić information content (AvgIpc) is 3.01. The van der Waals surface area contributed by atoms with Crippen LogP contribution in [0, 0.1) is 0 Å². The van der Waals surface area contributed by atoms with Gasteiger partial charge in [0, 0.05) is 32.6 Å². The number of nitrogens with one attached hydrogen (secondary N) is 3. The molecule has 2 rings (SSSR count). The number of nitrogen functional groups attached to an aromatic ring is 1. The van der Waals surface area contributed by atoms with Crippen molar-refractivity contribution < 1.29 is 4.79 Å². The van der Waals surface area contributed by atoms with E-state index in [9.17, 15) is 4.79 Å². The maximum absolute atomic E-state index is 11.4. The zero-order valence-electron chi connectivity index (χ0n) is 12.2. The van der Waals surface area contributed by atoms with Gasteiger partial charge in [0.1, 0.15) is 0 Å². The van der Waals surface area contributed by atoms with E-state index in [1.807, 2.05) is 6.92 Å². The average molecular weight is 294 g/mol. The zero-order valence-corrected chi connectivity index (χ0v) is 12.2. The van der Waals surface area contributed by atoms with Crippen molar-refractivity contribution in [2.75, 3.05) is 41.8 Å². The Morgan fingerprint density at radius 2 is 1.95 bits per heavy atom. The molecule has 9 heteroatoms. The van der Waals surface area contributed by atoms with Gasteiger partial charge in [-0.2, -0.15) is 15.0 Å². The lowest BCUT2D eigenvalue weighted by atomic mass is 10.4. The normalized spacial score (nSPS) is 14.1. The van der Waals surface area contributed by atoms with E-state index in [0.717, 1.165) is 25.9 Å². The molecule has 0 bridgehead atoms. The van der Waals surface area contributed by atoms with Crippen molar-refractivity contribution >= 4 is 23.8 Å². The Balaban J connectivity index is 1.97. The summed E-state index contributed by atoms with van der Waals surface area (Å²) in [7, 11) is 0. The molecule has 21 heavy (non-hydrogen) atoms. The first-order valence-electron chi connectivity index (χ1n) is 7.21. The molecular formula is C12H22N8O. The molecule has 1 fully saturated rings. The smallest absolute Gasteiger partial charge is 0.243 e. The largest absolute Gasteiger partial charge is 0.356 e. The van der Waals surface area contributed by atoms with Crippen LogP contribution >= 0.6 is 0 Å². The molecule has 0 aromatic carbocycles. The molecule has 5 N–H and O–H groups in total. The quantitative estimate of drug-likeness (QED) is 0.399. The van der Waals surface area contributed by atoms with Crippen molar-refractivity contribution in [1.82, 2.24) is 20.3 Å². The number of aromatic nitrogens is 3. The monoisotopic (exact) mass is 294 g/mol. The van der Waals surface area contributed by atoms with Crippen molar-refractivity contribution in [3.05, 3.63) is 0 Å². The molecule has 0 unspecified atom stereocenters. The SMILES string of the molecule is CCNC(=O)CCNc1nc(NN)nc(N2CCCC2)n1.